The van der Waals surface area contributed by atoms with E-state index >= 15 is 0 Å². The number of carbonyl (C=O) groups excluding carboxylic acids is 3. The first kappa shape index (κ1) is 16.5. The lowest BCUT2D eigenvalue weighted by atomic mass is 9.95. The van der Waals surface area contributed by atoms with E-state index in [4.69, 9.17) is 0 Å². The molecule has 1 aromatic rings. The summed E-state index contributed by atoms with van der Waals surface area (Å²) < 4.78 is 13.2. The molecule has 1 aliphatic heterocycles. The van der Waals surface area contributed by atoms with E-state index in [2.05, 4.69) is 17.9 Å². The van der Waals surface area contributed by atoms with Crippen LogP contribution in [-0.4, -0.2) is 41.3 Å². The van der Waals surface area contributed by atoms with Crippen LogP contribution in [0.3, 0.4) is 0 Å². The summed E-state index contributed by atoms with van der Waals surface area (Å²) in [4.78, 5) is 35.5. The third-order valence-electron chi connectivity index (χ3n) is 3.76. The standard InChI is InChI=1S/C15H17FN2O3S/c1-9-6-10(2-3-12(9)16)17-15(21)11-4-5-18(7-13(11)22)14(20)8-19/h2-3,6,8,11,13,22H,4-5,7H2,1H3,(H,17,21). The van der Waals surface area contributed by atoms with Gasteiger partial charge in [0.1, 0.15) is 5.82 Å². The largest absolute Gasteiger partial charge is 0.335 e. The van der Waals surface area contributed by atoms with Crippen molar-refractivity contribution in [1.82, 2.24) is 4.90 Å². The second kappa shape index (κ2) is 6.91. The second-order valence-corrected chi connectivity index (χ2v) is 5.98. The molecule has 5 nitrogen and oxygen atoms in total. The van der Waals surface area contributed by atoms with Gasteiger partial charge in [0.15, 0.2) is 0 Å². The van der Waals surface area contributed by atoms with E-state index in [1.165, 1.54) is 17.0 Å². The first-order valence-electron chi connectivity index (χ1n) is 6.91. The maximum absolute atomic E-state index is 13.2. The summed E-state index contributed by atoms with van der Waals surface area (Å²) in [6, 6.07) is 4.36. The average Bonchev–Trinajstić information content (AvgIpc) is 2.49. The fourth-order valence-electron chi connectivity index (χ4n) is 2.47. The minimum Gasteiger partial charge on any atom is -0.335 e. The maximum atomic E-state index is 13.2. The van der Waals surface area contributed by atoms with Crippen molar-refractivity contribution in [1.29, 1.82) is 0 Å². The molecule has 0 aromatic heterocycles. The molecule has 0 aliphatic carbocycles. The fraction of sp³-hybridized carbons (Fsp3) is 0.400. The predicted octanol–water partition coefficient (Wildman–Crippen LogP) is 1.42. The van der Waals surface area contributed by atoms with Gasteiger partial charge in [0.05, 0.1) is 5.92 Å². The summed E-state index contributed by atoms with van der Waals surface area (Å²) in [5.74, 6) is -1.51. The Bertz CT molecular complexity index is 608. The van der Waals surface area contributed by atoms with Gasteiger partial charge in [-0.25, -0.2) is 4.39 Å². The first-order valence-corrected chi connectivity index (χ1v) is 7.43. The van der Waals surface area contributed by atoms with E-state index in [0.717, 1.165) is 0 Å². The van der Waals surface area contributed by atoms with E-state index in [-0.39, 0.29) is 35.7 Å². The summed E-state index contributed by atoms with van der Waals surface area (Å²) in [6.07, 6.45) is 0.696. The van der Waals surface area contributed by atoms with Crippen LogP contribution in [0, 0.1) is 18.7 Å². The molecule has 1 aromatic carbocycles. The molecule has 2 rings (SSSR count). The van der Waals surface area contributed by atoms with Gasteiger partial charge in [-0.1, -0.05) is 0 Å². The van der Waals surface area contributed by atoms with E-state index in [9.17, 15) is 18.8 Å². The molecule has 0 saturated carbocycles. The van der Waals surface area contributed by atoms with Gasteiger partial charge < -0.3 is 10.2 Å². The molecule has 7 heteroatoms. The molecule has 22 heavy (non-hydrogen) atoms. The van der Waals surface area contributed by atoms with E-state index in [1.807, 2.05) is 0 Å². The number of hydrogen-bond acceptors (Lipinski definition) is 4. The first-order chi connectivity index (χ1) is 10.4. The number of halogens is 1. The zero-order chi connectivity index (χ0) is 16.3. The molecule has 1 heterocycles. The molecule has 1 N–H and O–H groups in total. The lowest BCUT2D eigenvalue weighted by Crippen LogP contribution is -2.48. The van der Waals surface area contributed by atoms with Gasteiger partial charge in [0.25, 0.3) is 5.91 Å². The molecule has 0 spiro atoms. The number of benzene rings is 1. The van der Waals surface area contributed by atoms with Gasteiger partial charge in [-0.05, 0) is 37.1 Å². The van der Waals surface area contributed by atoms with Crippen molar-refractivity contribution in [2.45, 2.75) is 18.6 Å². The monoisotopic (exact) mass is 324 g/mol. The SMILES string of the molecule is Cc1cc(NC(=O)C2CCN(C(=O)C=O)CC2S)ccc1F. The van der Waals surface area contributed by atoms with E-state index in [1.54, 1.807) is 13.0 Å². The van der Waals surface area contributed by atoms with Crippen molar-refractivity contribution < 1.29 is 18.8 Å². The summed E-state index contributed by atoms with van der Waals surface area (Å²) in [5, 5.41) is 2.39. The van der Waals surface area contributed by atoms with Crippen molar-refractivity contribution in [2.24, 2.45) is 5.92 Å². The quantitative estimate of drug-likeness (QED) is 0.502. The number of nitrogens with zero attached hydrogens (tertiary/aromatic N) is 1. The van der Waals surface area contributed by atoms with Gasteiger partial charge in [0, 0.05) is 24.0 Å². The summed E-state index contributed by atoms with van der Waals surface area (Å²) in [5.41, 5.74) is 0.974. The minimum atomic E-state index is -0.591. The van der Waals surface area contributed by atoms with E-state index in [0.29, 0.717) is 24.2 Å². The number of amides is 2. The fourth-order valence-corrected chi connectivity index (χ4v) is 2.95. The Hall–Kier alpha value is -1.89. The van der Waals surface area contributed by atoms with Crippen LogP contribution in [0.4, 0.5) is 10.1 Å². The summed E-state index contributed by atoms with van der Waals surface area (Å²) in [7, 11) is 0. The highest BCUT2D eigenvalue weighted by atomic mass is 32.1. The number of rotatable bonds is 3. The Balaban J connectivity index is 2.00. The molecule has 1 saturated heterocycles. The Morgan fingerprint density at radius 1 is 1.45 bits per heavy atom. The van der Waals surface area contributed by atoms with Gasteiger partial charge in [-0.15, -0.1) is 0 Å². The number of aldehydes is 1. The van der Waals surface area contributed by atoms with Crippen LogP contribution in [0.1, 0.15) is 12.0 Å². The topological polar surface area (TPSA) is 66.5 Å². The molecule has 1 aliphatic rings. The van der Waals surface area contributed by atoms with Gasteiger partial charge >= 0.3 is 0 Å². The smallest absolute Gasteiger partial charge is 0.286 e. The van der Waals surface area contributed by atoms with Gasteiger partial charge in [-0.3, -0.25) is 14.4 Å². The van der Waals surface area contributed by atoms with Crippen LogP contribution >= 0.6 is 12.6 Å². The highest BCUT2D eigenvalue weighted by Gasteiger charge is 2.33. The number of hydrogen-bond donors (Lipinski definition) is 2. The number of nitrogens with one attached hydrogen (secondary N) is 1. The molecule has 2 unspecified atom stereocenters. The van der Waals surface area contributed by atoms with Gasteiger partial charge in [0.2, 0.25) is 12.2 Å². The van der Waals surface area contributed by atoms with Crippen LogP contribution in [0.25, 0.3) is 0 Å². The second-order valence-electron chi connectivity index (χ2n) is 5.32. The van der Waals surface area contributed by atoms with Crippen LogP contribution in [0.15, 0.2) is 18.2 Å². The zero-order valence-corrected chi connectivity index (χ0v) is 13.0. The molecule has 2 amide bonds. The summed E-state index contributed by atoms with van der Waals surface area (Å²) in [6.45, 7) is 2.21. The Morgan fingerprint density at radius 2 is 2.18 bits per heavy atom. The lowest BCUT2D eigenvalue weighted by Gasteiger charge is -2.34. The molecule has 2 atom stereocenters. The number of anilines is 1. The third kappa shape index (κ3) is 3.65. The lowest BCUT2D eigenvalue weighted by molar-refractivity contribution is -0.140. The van der Waals surface area contributed by atoms with Gasteiger partial charge in [-0.2, -0.15) is 12.6 Å². The van der Waals surface area contributed by atoms with Crippen molar-refractivity contribution in [3.8, 4) is 0 Å². The zero-order valence-electron chi connectivity index (χ0n) is 12.1. The molecule has 1 fully saturated rings. The number of piperidine rings is 1. The minimum absolute atomic E-state index is 0.218. The molecule has 118 valence electrons. The van der Waals surface area contributed by atoms with Crippen LogP contribution in [0.5, 0.6) is 0 Å². The highest BCUT2D eigenvalue weighted by molar-refractivity contribution is 7.81. The molecular formula is C15H17FN2O3S. The third-order valence-corrected chi connectivity index (χ3v) is 4.28. The van der Waals surface area contributed by atoms with Crippen molar-refractivity contribution in [3.05, 3.63) is 29.6 Å². The maximum Gasteiger partial charge on any atom is 0.286 e. The Labute approximate surface area is 133 Å². The predicted molar refractivity (Wildman–Crippen MR) is 83.3 cm³/mol. The van der Waals surface area contributed by atoms with Crippen LogP contribution in [0.2, 0.25) is 0 Å². The van der Waals surface area contributed by atoms with Crippen LogP contribution in [-0.2, 0) is 14.4 Å². The average molecular weight is 324 g/mol. The van der Waals surface area contributed by atoms with E-state index < -0.39 is 5.91 Å². The Morgan fingerprint density at radius 3 is 2.77 bits per heavy atom. The summed E-state index contributed by atoms with van der Waals surface area (Å²) >= 11 is 4.36. The highest BCUT2D eigenvalue weighted by Crippen LogP contribution is 2.24. The van der Waals surface area contributed by atoms with Crippen molar-refractivity contribution >= 4 is 36.4 Å². The molecule has 0 bridgehead atoms. The number of carbonyl (C=O) groups is 3. The Kier molecular flexibility index (Phi) is 5.18. The van der Waals surface area contributed by atoms with Crippen molar-refractivity contribution in [3.63, 3.8) is 0 Å². The molecular weight excluding hydrogens is 307 g/mol. The number of thiol groups is 1. The van der Waals surface area contributed by atoms with Crippen LogP contribution < -0.4 is 5.32 Å². The molecule has 0 radical (unpaired) electrons. The number of likely N-dealkylation sites (tertiary alicyclic amines) is 1. The normalized spacial score (nSPS) is 21.3. The number of aryl methyl sites for hydroxylation is 1. The van der Waals surface area contributed by atoms with Crippen molar-refractivity contribution in [2.75, 3.05) is 18.4 Å².